The molecule has 0 amide bonds. The Kier molecular flexibility index (Phi) is 9.31. The number of aromatic nitrogens is 2. The van der Waals surface area contributed by atoms with E-state index in [2.05, 4.69) is 23.9 Å². The van der Waals surface area contributed by atoms with Gasteiger partial charge in [-0.15, -0.1) is 0 Å². The van der Waals surface area contributed by atoms with E-state index < -0.39 is 10.0 Å². The summed E-state index contributed by atoms with van der Waals surface area (Å²) < 4.78 is 40.7. The minimum atomic E-state index is -3.63. The van der Waals surface area contributed by atoms with E-state index in [1.165, 1.54) is 0 Å². The summed E-state index contributed by atoms with van der Waals surface area (Å²) in [5.74, 6) is 1.07. The standard InChI is InChI=1S/C26H36N4O4S/c1-6-34-13-12-28-35(31,32)25-15-23(11-10-20(25)4)27-16-22-18-30(29-26(22)19(2)3)17-21-8-7-9-24(14-21)33-5/h7-11,14-15,18-19,27-28H,6,12-13,16-17H2,1-5H3. The maximum Gasteiger partial charge on any atom is 0.240 e. The van der Waals surface area contributed by atoms with Gasteiger partial charge in [-0.3, -0.25) is 4.68 Å². The van der Waals surface area contributed by atoms with Crippen LogP contribution in [0.15, 0.2) is 53.6 Å². The average molecular weight is 501 g/mol. The summed E-state index contributed by atoms with van der Waals surface area (Å²) in [6.07, 6.45) is 2.04. The molecule has 9 heteroatoms. The van der Waals surface area contributed by atoms with Crippen LogP contribution in [-0.2, 0) is 27.8 Å². The van der Waals surface area contributed by atoms with Gasteiger partial charge in [-0.1, -0.05) is 32.0 Å². The van der Waals surface area contributed by atoms with Crippen LogP contribution in [0.5, 0.6) is 5.75 Å². The van der Waals surface area contributed by atoms with Crippen LogP contribution >= 0.6 is 0 Å². The zero-order valence-corrected chi connectivity index (χ0v) is 22.0. The lowest BCUT2D eigenvalue weighted by atomic mass is 10.1. The molecule has 8 nitrogen and oxygen atoms in total. The van der Waals surface area contributed by atoms with Gasteiger partial charge < -0.3 is 14.8 Å². The van der Waals surface area contributed by atoms with E-state index in [1.807, 2.05) is 54.2 Å². The van der Waals surface area contributed by atoms with Crippen molar-refractivity contribution >= 4 is 15.7 Å². The Morgan fingerprint density at radius 1 is 1.14 bits per heavy atom. The van der Waals surface area contributed by atoms with E-state index in [1.54, 1.807) is 20.1 Å². The normalized spacial score (nSPS) is 11.7. The van der Waals surface area contributed by atoms with Crippen LogP contribution in [-0.4, -0.2) is 45.1 Å². The summed E-state index contributed by atoms with van der Waals surface area (Å²) in [5, 5.41) is 8.19. The van der Waals surface area contributed by atoms with Crippen molar-refractivity contribution in [1.29, 1.82) is 0 Å². The number of nitrogens with zero attached hydrogens (tertiary/aromatic N) is 2. The molecule has 0 saturated carbocycles. The van der Waals surface area contributed by atoms with Gasteiger partial charge in [0.25, 0.3) is 0 Å². The van der Waals surface area contributed by atoms with E-state index >= 15 is 0 Å². The number of ether oxygens (including phenoxy) is 2. The third-order valence-electron chi connectivity index (χ3n) is 5.60. The zero-order chi connectivity index (χ0) is 25.4. The molecule has 0 atom stereocenters. The molecule has 0 saturated heterocycles. The van der Waals surface area contributed by atoms with Crippen molar-refractivity contribution in [3.05, 3.63) is 71.0 Å². The summed E-state index contributed by atoms with van der Waals surface area (Å²) in [4.78, 5) is 0.261. The number of sulfonamides is 1. The van der Waals surface area contributed by atoms with Gasteiger partial charge in [-0.05, 0) is 55.2 Å². The molecule has 0 spiro atoms. The van der Waals surface area contributed by atoms with E-state index in [9.17, 15) is 8.42 Å². The predicted octanol–water partition coefficient (Wildman–Crippen LogP) is 4.30. The largest absolute Gasteiger partial charge is 0.497 e. The van der Waals surface area contributed by atoms with Crippen LogP contribution in [0.2, 0.25) is 0 Å². The highest BCUT2D eigenvalue weighted by atomic mass is 32.2. The molecule has 1 heterocycles. The lowest BCUT2D eigenvalue weighted by molar-refractivity contribution is 0.153. The van der Waals surface area contributed by atoms with Crippen LogP contribution in [0.1, 0.15) is 49.1 Å². The maximum absolute atomic E-state index is 12.8. The van der Waals surface area contributed by atoms with Crippen molar-refractivity contribution in [1.82, 2.24) is 14.5 Å². The van der Waals surface area contributed by atoms with Gasteiger partial charge in [0.05, 0.1) is 30.9 Å². The number of aryl methyl sites for hydroxylation is 1. The third kappa shape index (κ3) is 7.30. The first-order chi connectivity index (χ1) is 16.7. The molecule has 190 valence electrons. The number of methoxy groups -OCH3 is 1. The highest BCUT2D eigenvalue weighted by Crippen LogP contribution is 2.23. The summed E-state index contributed by atoms with van der Waals surface area (Å²) >= 11 is 0. The molecule has 0 aliphatic heterocycles. The fourth-order valence-electron chi connectivity index (χ4n) is 3.81. The van der Waals surface area contributed by atoms with Crippen LogP contribution in [0.3, 0.4) is 0 Å². The van der Waals surface area contributed by atoms with Gasteiger partial charge in [0.1, 0.15) is 5.75 Å². The Morgan fingerprint density at radius 2 is 1.94 bits per heavy atom. The molecule has 3 aromatic rings. The first kappa shape index (κ1) is 26.7. The Bertz CT molecular complexity index is 1220. The monoisotopic (exact) mass is 500 g/mol. The Balaban J connectivity index is 1.74. The van der Waals surface area contributed by atoms with Crippen molar-refractivity contribution in [3.8, 4) is 5.75 Å². The molecule has 2 aromatic carbocycles. The molecule has 0 bridgehead atoms. The number of hydrogen-bond acceptors (Lipinski definition) is 6. The van der Waals surface area contributed by atoms with E-state index in [-0.39, 0.29) is 17.4 Å². The molecule has 2 N–H and O–H groups in total. The van der Waals surface area contributed by atoms with Crippen LogP contribution in [0.4, 0.5) is 5.69 Å². The Labute approximate surface area is 208 Å². The van der Waals surface area contributed by atoms with Crippen molar-refractivity contribution in [3.63, 3.8) is 0 Å². The highest BCUT2D eigenvalue weighted by Gasteiger charge is 2.18. The average Bonchev–Trinajstić information content (AvgIpc) is 3.24. The predicted molar refractivity (Wildman–Crippen MR) is 139 cm³/mol. The second-order valence-electron chi connectivity index (χ2n) is 8.67. The summed E-state index contributed by atoms with van der Waals surface area (Å²) in [6, 6.07) is 13.3. The van der Waals surface area contributed by atoms with Gasteiger partial charge in [-0.25, -0.2) is 13.1 Å². The molecule has 0 radical (unpaired) electrons. The molecule has 0 fully saturated rings. The van der Waals surface area contributed by atoms with Crippen LogP contribution in [0, 0.1) is 6.92 Å². The van der Waals surface area contributed by atoms with Crippen molar-refractivity contribution in [2.75, 3.05) is 32.2 Å². The van der Waals surface area contributed by atoms with Crippen LogP contribution < -0.4 is 14.8 Å². The minimum absolute atomic E-state index is 0.234. The smallest absolute Gasteiger partial charge is 0.240 e. The van der Waals surface area contributed by atoms with E-state index in [0.717, 1.165) is 28.3 Å². The van der Waals surface area contributed by atoms with Crippen LogP contribution in [0.25, 0.3) is 0 Å². The lowest BCUT2D eigenvalue weighted by Crippen LogP contribution is -2.28. The van der Waals surface area contributed by atoms with Crippen molar-refractivity contribution in [2.24, 2.45) is 0 Å². The molecular weight excluding hydrogens is 464 g/mol. The van der Waals surface area contributed by atoms with Gasteiger partial charge >= 0.3 is 0 Å². The fraction of sp³-hybridized carbons (Fsp3) is 0.423. The Hall–Kier alpha value is -2.88. The van der Waals surface area contributed by atoms with Gasteiger partial charge in [-0.2, -0.15) is 5.10 Å². The molecule has 0 aliphatic carbocycles. The van der Waals surface area contributed by atoms with Gasteiger partial charge in [0, 0.05) is 37.1 Å². The Morgan fingerprint density at radius 3 is 2.66 bits per heavy atom. The molecule has 0 aliphatic rings. The molecule has 1 aromatic heterocycles. The summed E-state index contributed by atoms with van der Waals surface area (Å²) in [6.45, 7) is 10.2. The van der Waals surface area contributed by atoms with Crippen molar-refractivity contribution in [2.45, 2.75) is 51.6 Å². The number of nitrogens with one attached hydrogen (secondary N) is 2. The molecule has 0 unspecified atom stereocenters. The minimum Gasteiger partial charge on any atom is -0.497 e. The first-order valence-corrected chi connectivity index (χ1v) is 13.3. The quantitative estimate of drug-likeness (QED) is 0.340. The summed E-state index contributed by atoms with van der Waals surface area (Å²) in [7, 11) is -1.97. The molecular formula is C26H36N4O4S. The van der Waals surface area contributed by atoms with E-state index in [0.29, 0.717) is 31.9 Å². The van der Waals surface area contributed by atoms with Gasteiger partial charge in [0.15, 0.2) is 0 Å². The fourth-order valence-corrected chi connectivity index (χ4v) is 5.09. The molecule has 3 rings (SSSR count). The highest BCUT2D eigenvalue weighted by molar-refractivity contribution is 7.89. The third-order valence-corrected chi connectivity index (χ3v) is 7.20. The van der Waals surface area contributed by atoms with Crippen molar-refractivity contribution < 1.29 is 17.9 Å². The van der Waals surface area contributed by atoms with Gasteiger partial charge in [0.2, 0.25) is 10.0 Å². The number of anilines is 1. The second kappa shape index (κ2) is 12.2. The SMILES string of the molecule is CCOCCNS(=O)(=O)c1cc(NCc2cn(Cc3cccc(OC)c3)nc2C(C)C)ccc1C. The van der Waals surface area contributed by atoms with E-state index in [4.69, 9.17) is 14.6 Å². The first-order valence-electron chi connectivity index (χ1n) is 11.8. The number of hydrogen-bond donors (Lipinski definition) is 2. The lowest BCUT2D eigenvalue weighted by Gasteiger charge is -2.13. The topological polar surface area (TPSA) is 94.5 Å². The number of benzene rings is 2. The second-order valence-corrected chi connectivity index (χ2v) is 10.4. The molecule has 35 heavy (non-hydrogen) atoms. The number of rotatable bonds is 13. The zero-order valence-electron chi connectivity index (χ0n) is 21.2. The summed E-state index contributed by atoms with van der Waals surface area (Å²) in [5.41, 5.74) is 4.61. The maximum atomic E-state index is 12.8.